The molecule has 6 heteroatoms. The molecule has 2 aromatic rings. The maximum absolute atomic E-state index is 11.0. The highest BCUT2D eigenvalue weighted by atomic mass is 16.6. The number of hydrogen-bond donors (Lipinski definition) is 1. The quantitative estimate of drug-likeness (QED) is 0.483. The summed E-state index contributed by atoms with van der Waals surface area (Å²) in [4.78, 5) is 12.6. The van der Waals surface area contributed by atoms with Gasteiger partial charge in [-0.1, -0.05) is 30.3 Å². The van der Waals surface area contributed by atoms with Gasteiger partial charge in [0.2, 0.25) is 0 Å². The molecule has 0 fully saturated rings. The molecule has 0 bridgehead atoms. The van der Waals surface area contributed by atoms with Crippen molar-refractivity contribution in [2.75, 3.05) is 26.1 Å². The Balaban J connectivity index is 2.26. The number of anilines is 1. The van der Waals surface area contributed by atoms with Crippen LogP contribution in [0.2, 0.25) is 0 Å². The van der Waals surface area contributed by atoms with Crippen LogP contribution in [0.25, 0.3) is 0 Å². The highest BCUT2D eigenvalue weighted by Crippen LogP contribution is 2.16. The Bertz CT molecular complexity index is 684. The minimum Gasteiger partial charge on any atom is -0.309 e. The van der Waals surface area contributed by atoms with E-state index in [1.165, 1.54) is 6.07 Å². The first-order valence-electron chi connectivity index (χ1n) is 7.33. The number of hydrazone groups is 1. The zero-order chi connectivity index (χ0) is 16.7. The van der Waals surface area contributed by atoms with E-state index in [4.69, 9.17) is 0 Å². The lowest BCUT2D eigenvalue weighted by atomic mass is 10.1. The third-order valence-corrected chi connectivity index (χ3v) is 3.28. The van der Waals surface area contributed by atoms with E-state index < -0.39 is 4.92 Å². The topological polar surface area (TPSA) is 70.8 Å². The first-order valence-corrected chi connectivity index (χ1v) is 7.33. The van der Waals surface area contributed by atoms with Gasteiger partial charge in [-0.05, 0) is 26.2 Å². The van der Waals surface area contributed by atoms with Crippen LogP contribution in [0.15, 0.2) is 59.7 Å². The molecule has 2 aromatic carbocycles. The van der Waals surface area contributed by atoms with E-state index in [0.717, 1.165) is 23.5 Å². The number of nitro benzene ring substituents is 1. The van der Waals surface area contributed by atoms with Crippen LogP contribution in [-0.2, 0) is 0 Å². The van der Waals surface area contributed by atoms with Gasteiger partial charge in [0.15, 0.2) is 0 Å². The molecule has 0 saturated heterocycles. The molecule has 0 amide bonds. The number of non-ortho nitro benzene ring substituents is 1. The number of benzene rings is 2. The molecule has 120 valence electrons. The van der Waals surface area contributed by atoms with Crippen LogP contribution in [0.1, 0.15) is 12.0 Å². The first-order chi connectivity index (χ1) is 11.1. The largest absolute Gasteiger partial charge is 0.309 e. The maximum Gasteiger partial charge on any atom is 0.270 e. The lowest BCUT2D eigenvalue weighted by Gasteiger charge is -2.12. The fraction of sp³-hybridized carbons (Fsp3) is 0.235. The molecule has 0 aromatic heterocycles. The molecule has 0 radical (unpaired) electrons. The highest BCUT2D eigenvalue weighted by molar-refractivity contribution is 6.01. The second-order valence-corrected chi connectivity index (χ2v) is 5.40. The summed E-state index contributed by atoms with van der Waals surface area (Å²) in [5, 5.41) is 15.4. The molecule has 0 aliphatic rings. The molecule has 0 heterocycles. The normalized spacial score (nSPS) is 11.5. The summed E-state index contributed by atoms with van der Waals surface area (Å²) in [6.45, 7) is 0.804. The summed E-state index contributed by atoms with van der Waals surface area (Å²) < 4.78 is 0. The van der Waals surface area contributed by atoms with Crippen molar-refractivity contribution in [3.63, 3.8) is 0 Å². The fourth-order valence-electron chi connectivity index (χ4n) is 2.04. The molecule has 0 atom stereocenters. The molecule has 1 N–H and O–H groups in total. The Morgan fingerprint density at radius 2 is 1.91 bits per heavy atom. The third kappa shape index (κ3) is 5.19. The second kappa shape index (κ2) is 8.05. The lowest BCUT2D eigenvalue weighted by Crippen LogP contribution is -2.18. The van der Waals surface area contributed by atoms with Crippen LogP contribution < -0.4 is 5.43 Å². The minimum absolute atomic E-state index is 0.0692. The van der Waals surface area contributed by atoms with E-state index in [1.54, 1.807) is 12.1 Å². The standard InChI is InChI=1S/C17H20N4O2/c1-20(2)12-11-17(19-18-15-8-4-3-5-9-15)14-7-6-10-16(13-14)21(22)23/h3-10,13,18H,11-12H2,1-2H3/b19-17+. The number of nitro groups is 1. The average Bonchev–Trinajstić information content (AvgIpc) is 2.55. The number of nitrogens with one attached hydrogen (secondary N) is 1. The van der Waals surface area contributed by atoms with Crippen LogP contribution in [-0.4, -0.2) is 36.2 Å². The van der Waals surface area contributed by atoms with Crippen molar-refractivity contribution in [2.45, 2.75) is 6.42 Å². The van der Waals surface area contributed by atoms with E-state index in [2.05, 4.69) is 15.4 Å². The van der Waals surface area contributed by atoms with Crippen LogP contribution in [0.3, 0.4) is 0 Å². The van der Waals surface area contributed by atoms with E-state index in [-0.39, 0.29) is 5.69 Å². The predicted molar refractivity (Wildman–Crippen MR) is 92.9 cm³/mol. The molecule has 6 nitrogen and oxygen atoms in total. The van der Waals surface area contributed by atoms with Crippen molar-refractivity contribution in [2.24, 2.45) is 5.10 Å². The number of para-hydroxylation sites is 1. The van der Waals surface area contributed by atoms with Crippen molar-refractivity contribution in [1.82, 2.24) is 4.90 Å². The summed E-state index contributed by atoms with van der Waals surface area (Å²) >= 11 is 0. The van der Waals surface area contributed by atoms with Gasteiger partial charge in [0.05, 0.1) is 16.3 Å². The van der Waals surface area contributed by atoms with E-state index >= 15 is 0 Å². The van der Waals surface area contributed by atoms with Gasteiger partial charge < -0.3 is 4.90 Å². The Hall–Kier alpha value is -2.73. The van der Waals surface area contributed by atoms with Gasteiger partial charge in [-0.3, -0.25) is 15.5 Å². The van der Waals surface area contributed by atoms with E-state index in [1.807, 2.05) is 50.5 Å². The van der Waals surface area contributed by atoms with Crippen molar-refractivity contribution in [3.8, 4) is 0 Å². The lowest BCUT2D eigenvalue weighted by molar-refractivity contribution is -0.384. The van der Waals surface area contributed by atoms with Gasteiger partial charge in [0.25, 0.3) is 5.69 Å². The third-order valence-electron chi connectivity index (χ3n) is 3.28. The first kappa shape index (κ1) is 16.6. The van der Waals surface area contributed by atoms with Crippen molar-refractivity contribution >= 4 is 17.1 Å². The van der Waals surface area contributed by atoms with Crippen LogP contribution >= 0.6 is 0 Å². The van der Waals surface area contributed by atoms with Crippen LogP contribution in [0.5, 0.6) is 0 Å². The van der Waals surface area contributed by atoms with Gasteiger partial charge in [0, 0.05) is 30.7 Å². The van der Waals surface area contributed by atoms with Gasteiger partial charge in [0.1, 0.15) is 0 Å². The SMILES string of the molecule is CN(C)CC/C(=N\Nc1ccccc1)c1cccc([N+](=O)[O-])c1. The number of hydrogen-bond acceptors (Lipinski definition) is 5. The van der Waals surface area contributed by atoms with Gasteiger partial charge >= 0.3 is 0 Å². The highest BCUT2D eigenvalue weighted by Gasteiger charge is 2.10. The molecular weight excluding hydrogens is 292 g/mol. The second-order valence-electron chi connectivity index (χ2n) is 5.40. The number of nitrogens with zero attached hydrogens (tertiary/aromatic N) is 3. The molecule has 0 aliphatic carbocycles. The smallest absolute Gasteiger partial charge is 0.270 e. The van der Waals surface area contributed by atoms with Gasteiger partial charge in [-0.15, -0.1) is 0 Å². The monoisotopic (exact) mass is 312 g/mol. The Morgan fingerprint density at radius 1 is 1.17 bits per heavy atom. The summed E-state index contributed by atoms with van der Waals surface area (Å²) in [6, 6.07) is 16.2. The van der Waals surface area contributed by atoms with Crippen molar-refractivity contribution < 1.29 is 4.92 Å². The zero-order valence-corrected chi connectivity index (χ0v) is 13.3. The molecular formula is C17H20N4O2. The summed E-state index contributed by atoms with van der Waals surface area (Å²) in [5.74, 6) is 0. The molecule has 0 aliphatic heterocycles. The van der Waals surface area contributed by atoms with Crippen LogP contribution in [0, 0.1) is 10.1 Å². The van der Waals surface area contributed by atoms with Crippen LogP contribution in [0.4, 0.5) is 11.4 Å². The number of rotatable bonds is 7. The molecule has 0 unspecified atom stereocenters. The molecule has 0 spiro atoms. The molecule has 0 saturated carbocycles. The zero-order valence-electron chi connectivity index (χ0n) is 13.3. The van der Waals surface area contributed by atoms with Crippen molar-refractivity contribution in [1.29, 1.82) is 0 Å². The van der Waals surface area contributed by atoms with Gasteiger partial charge in [-0.25, -0.2) is 0 Å². The average molecular weight is 312 g/mol. The van der Waals surface area contributed by atoms with E-state index in [9.17, 15) is 10.1 Å². The van der Waals surface area contributed by atoms with E-state index in [0.29, 0.717) is 6.42 Å². The predicted octanol–water partition coefficient (Wildman–Crippen LogP) is 3.36. The fourth-order valence-corrected chi connectivity index (χ4v) is 2.04. The molecule has 23 heavy (non-hydrogen) atoms. The Labute approximate surface area is 135 Å². The summed E-state index contributed by atoms with van der Waals surface area (Å²) in [7, 11) is 3.96. The van der Waals surface area contributed by atoms with Crippen molar-refractivity contribution in [3.05, 3.63) is 70.3 Å². The van der Waals surface area contributed by atoms with Gasteiger partial charge in [-0.2, -0.15) is 5.10 Å². The minimum atomic E-state index is -0.391. The molecule has 2 rings (SSSR count). The Kier molecular flexibility index (Phi) is 5.82. The summed E-state index contributed by atoms with van der Waals surface area (Å²) in [6.07, 6.45) is 0.688. The maximum atomic E-state index is 11.0. The summed E-state index contributed by atoms with van der Waals surface area (Å²) in [5.41, 5.74) is 5.50. The Morgan fingerprint density at radius 3 is 2.57 bits per heavy atom.